The van der Waals surface area contributed by atoms with Crippen molar-refractivity contribution < 1.29 is 4.79 Å². The molecule has 4 nitrogen and oxygen atoms in total. The van der Waals surface area contributed by atoms with E-state index in [1.54, 1.807) is 17.4 Å². The number of hydrogen-bond acceptors (Lipinski definition) is 4. The maximum Gasteiger partial charge on any atom is 0.238 e. The minimum Gasteiger partial charge on any atom is -0.325 e. The Kier molecular flexibility index (Phi) is 5.43. The summed E-state index contributed by atoms with van der Waals surface area (Å²) in [6.45, 7) is 3.25. The molecule has 1 atom stereocenters. The molecule has 1 aliphatic rings. The van der Waals surface area contributed by atoms with Gasteiger partial charge in [0.25, 0.3) is 0 Å². The first-order valence-corrected chi connectivity index (χ1v) is 10.4. The summed E-state index contributed by atoms with van der Waals surface area (Å²) in [5.74, 6) is 0.00781. The van der Waals surface area contributed by atoms with E-state index in [0.29, 0.717) is 11.6 Å². The average molecular weight is 400 g/mol. The van der Waals surface area contributed by atoms with E-state index in [4.69, 9.17) is 16.6 Å². The van der Waals surface area contributed by atoms with Crippen LogP contribution in [0, 0.1) is 6.92 Å². The van der Waals surface area contributed by atoms with Crippen molar-refractivity contribution in [2.24, 2.45) is 0 Å². The molecule has 1 amide bonds. The van der Waals surface area contributed by atoms with Crippen LogP contribution in [0.2, 0.25) is 5.02 Å². The lowest BCUT2D eigenvalue weighted by atomic mass is 10.0. The fourth-order valence-electron chi connectivity index (χ4n) is 3.63. The number of benzene rings is 2. The molecule has 1 fully saturated rings. The molecule has 0 bridgehead atoms. The quantitative estimate of drug-likeness (QED) is 0.636. The molecule has 2 heterocycles. The number of hydrogen-bond donors (Lipinski definition) is 1. The van der Waals surface area contributed by atoms with E-state index in [-0.39, 0.29) is 11.9 Å². The van der Waals surface area contributed by atoms with Crippen LogP contribution in [0.4, 0.5) is 5.69 Å². The van der Waals surface area contributed by atoms with Gasteiger partial charge in [0.1, 0.15) is 5.01 Å². The number of para-hydroxylation sites is 1. The number of likely N-dealkylation sites (tertiary alicyclic amines) is 1. The van der Waals surface area contributed by atoms with E-state index in [0.717, 1.165) is 41.2 Å². The summed E-state index contributed by atoms with van der Waals surface area (Å²) in [7, 11) is 0. The Labute approximate surface area is 168 Å². The smallest absolute Gasteiger partial charge is 0.238 e. The van der Waals surface area contributed by atoms with Crippen LogP contribution < -0.4 is 5.32 Å². The summed E-state index contributed by atoms with van der Waals surface area (Å²) in [6, 6.07) is 14.0. The topological polar surface area (TPSA) is 45.2 Å². The fourth-order valence-corrected chi connectivity index (χ4v) is 5.00. The van der Waals surface area contributed by atoms with Gasteiger partial charge < -0.3 is 5.32 Å². The van der Waals surface area contributed by atoms with Gasteiger partial charge in [0.15, 0.2) is 0 Å². The molecule has 1 saturated heterocycles. The molecule has 0 unspecified atom stereocenters. The van der Waals surface area contributed by atoms with Gasteiger partial charge in [-0.2, -0.15) is 0 Å². The van der Waals surface area contributed by atoms with Crippen molar-refractivity contribution in [3.8, 4) is 0 Å². The van der Waals surface area contributed by atoms with Crippen molar-refractivity contribution in [1.82, 2.24) is 9.88 Å². The number of aryl methyl sites for hydroxylation is 1. The molecular formula is C21H22ClN3OS. The number of amides is 1. The molecule has 1 aliphatic heterocycles. The first-order valence-electron chi connectivity index (χ1n) is 9.26. The van der Waals surface area contributed by atoms with Crippen LogP contribution >= 0.6 is 22.9 Å². The Morgan fingerprint density at radius 2 is 2.15 bits per heavy atom. The molecule has 1 aromatic heterocycles. The van der Waals surface area contributed by atoms with Crippen LogP contribution in [0.15, 0.2) is 42.5 Å². The molecule has 1 N–H and O–H groups in total. The van der Waals surface area contributed by atoms with Crippen molar-refractivity contribution in [1.29, 1.82) is 0 Å². The lowest BCUT2D eigenvalue weighted by Crippen LogP contribution is -2.39. The zero-order chi connectivity index (χ0) is 18.8. The van der Waals surface area contributed by atoms with Gasteiger partial charge in [0.05, 0.1) is 22.8 Å². The highest BCUT2D eigenvalue weighted by Crippen LogP contribution is 2.35. The number of carbonyl (C=O) groups is 1. The van der Waals surface area contributed by atoms with Crippen molar-refractivity contribution in [3.05, 3.63) is 58.1 Å². The van der Waals surface area contributed by atoms with Gasteiger partial charge in [0, 0.05) is 10.7 Å². The predicted molar refractivity (Wildman–Crippen MR) is 113 cm³/mol. The average Bonchev–Trinajstić information content (AvgIpc) is 3.08. The molecule has 3 aromatic rings. The number of anilines is 1. The van der Waals surface area contributed by atoms with E-state index < -0.39 is 0 Å². The van der Waals surface area contributed by atoms with E-state index in [2.05, 4.69) is 22.3 Å². The summed E-state index contributed by atoms with van der Waals surface area (Å²) in [5.41, 5.74) is 2.83. The Balaban J connectivity index is 1.49. The highest BCUT2D eigenvalue weighted by molar-refractivity contribution is 7.18. The Morgan fingerprint density at radius 3 is 2.96 bits per heavy atom. The summed E-state index contributed by atoms with van der Waals surface area (Å²) in [5, 5.41) is 4.82. The van der Waals surface area contributed by atoms with Gasteiger partial charge in [-0.25, -0.2) is 4.98 Å². The number of fused-ring (bicyclic) bond motifs is 1. The number of nitrogens with zero attached hydrogens (tertiary/aromatic N) is 2. The fraction of sp³-hybridized carbons (Fsp3) is 0.333. The van der Waals surface area contributed by atoms with E-state index >= 15 is 0 Å². The molecule has 0 saturated carbocycles. The van der Waals surface area contributed by atoms with Gasteiger partial charge in [-0.05, 0) is 62.2 Å². The van der Waals surface area contributed by atoms with Crippen LogP contribution in [-0.4, -0.2) is 28.9 Å². The third-order valence-electron chi connectivity index (χ3n) is 5.02. The van der Waals surface area contributed by atoms with Gasteiger partial charge in [-0.15, -0.1) is 11.3 Å². The molecule has 27 heavy (non-hydrogen) atoms. The van der Waals surface area contributed by atoms with E-state index in [1.165, 1.54) is 11.1 Å². The maximum absolute atomic E-state index is 12.7. The molecule has 2 aromatic carbocycles. The standard InChI is InChI=1S/C21H22ClN3OS/c1-14-12-15(22)9-10-16(14)23-20(26)13-25-11-5-4-7-18(25)21-24-17-6-2-3-8-19(17)27-21/h2-3,6,8-10,12,18H,4-5,7,11,13H2,1H3,(H,23,26)/t18-/m0/s1. The van der Waals surface area contributed by atoms with Crippen LogP contribution in [-0.2, 0) is 4.79 Å². The third kappa shape index (κ3) is 4.15. The van der Waals surface area contributed by atoms with E-state index in [1.807, 2.05) is 31.2 Å². The number of carbonyl (C=O) groups excluding carboxylic acids is 1. The second-order valence-electron chi connectivity index (χ2n) is 7.01. The lowest BCUT2D eigenvalue weighted by molar-refractivity contribution is -0.118. The Bertz CT molecular complexity index is 938. The van der Waals surface area contributed by atoms with Gasteiger partial charge >= 0.3 is 0 Å². The summed E-state index contributed by atoms with van der Waals surface area (Å²) in [6.07, 6.45) is 3.34. The number of rotatable bonds is 4. The molecule has 6 heteroatoms. The molecule has 0 radical (unpaired) electrons. The van der Waals surface area contributed by atoms with Crippen LogP contribution in [0.5, 0.6) is 0 Å². The summed E-state index contributed by atoms with van der Waals surface area (Å²) in [4.78, 5) is 19.8. The van der Waals surface area contributed by atoms with Gasteiger partial charge in [-0.3, -0.25) is 9.69 Å². The molecule has 0 aliphatic carbocycles. The first-order chi connectivity index (χ1) is 13.1. The van der Waals surface area contributed by atoms with Crippen molar-refractivity contribution >= 4 is 44.7 Å². The number of thiazole rings is 1. The maximum atomic E-state index is 12.7. The Hall–Kier alpha value is -1.95. The predicted octanol–water partition coefficient (Wildman–Crippen LogP) is 5.42. The number of nitrogens with one attached hydrogen (secondary N) is 1. The van der Waals surface area contributed by atoms with Crippen LogP contribution in [0.25, 0.3) is 10.2 Å². The van der Waals surface area contributed by atoms with Crippen LogP contribution in [0.1, 0.15) is 35.9 Å². The Morgan fingerprint density at radius 1 is 1.30 bits per heavy atom. The largest absolute Gasteiger partial charge is 0.325 e. The third-order valence-corrected chi connectivity index (χ3v) is 6.39. The second-order valence-corrected chi connectivity index (χ2v) is 8.51. The lowest BCUT2D eigenvalue weighted by Gasteiger charge is -2.33. The first kappa shape index (κ1) is 18.4. The van der Waals surface area contributed by atoms with E-state index in [9.17, 15) is 4.79 Å². The highest BCUT2D eigenvalue weighted by Gasteiger charge is 2.28. The molecule has 4 rings (SSSR count). The van der Waals surface area contributed by atoms with Crippen LogP contribution in [0.3, 0.4) is 0 Å². The number of halogens is 1. The minimum atomic E-state index is 0.00781. The highest BCUT2D eigenvalue weighted by atomic mass is 35.5. The molecule has 140 valence electrons. The normalized spacial score (nSPS) is 17.9. The summed E-state index contributed by atoms with van der Waals surface area (Å²) < 4.78 is 1.21. The zero-order valence-electron chi connectivity index (χ0n) is 15.2. The van der Waals surface area contributed by atoms with Crippen molar-refractivity contribution in [2.45, 2.75) is 32.2 Å². The molecular weight excluding hydrogens is 378 g/mol. The molecule has 0 spiro atoms. The number of piperidine rings is 1. The van der Waals surface area contributed by atoms with Gasteiger partial charge in [0.2, 0.25) is 5.91 Å². The zero-order valence-corrected chi connectivity index (χ0v) is 16.8. The number of aromatic nitrogens is 1. The minimum absolute atomic E-state index is 0.00781. The summed E-state index contributed by atoms with van der Waals surface area (Å²) >= 11 is 7.75. The van der Waals surface area contributed by atoms with Crippen molar-refractivity contribution in [3.63, 3.8) is 0 Å². The van der Waals surface area contributed by atoms with Gasteiger partial charge in [-0.1, -0.05) is 30.2 Å². The SMILES string of the molecule is Cc1cc(Cl)ccc1NC(=O)CN1CCCC[C@H]1c1nc2ccccc2s1. The van der Waals surface area contributed by atoms with Crippen molar-refractivity contribution in [2.75, 3.05) is 18.4 Å². The monoisotopic (exact) mass is 399 g/mol. The second kappa shape index (κ2) is 7.97.